The molecule has 6 nitrogen and oxygen atoms in total. The van der Waals surface area contributed by atoms with Crippen LogP contribution in [-0.4, -0.2) is 31.2 Å². The van der Waals surface area contributed by atoms with Gasteiger partial charge in [0.05, 0.1) is 6.20 Å². The predicted molar refractivity (Wildman–Crippen MR) is 163 cm³/mol. The van der Waals surface area contributed by atoms with Gasteiger partial charge in [0, 0.05) is 17.0 Å². The molecule has 6 heteroatoms. The summed E-state index contributed by atoms with van der Waals surface area (Å²) < 4.78 is 5.43. The highest BCUT2D eigenvalue weighted by Crippen LogP contribution is 2.67. The van der Waals surface area contributed by atoms with E-state index >= 15 is 0 Å². The first-order valence-corrected chi connectivity index (χ1v) is 14.9. The monoisotopic (exact) mass is 565 g/mol. The molecule has 3 aromatic rings. The molecule has 4 aliphatic carbocycles. The molecule has 0 aliphatic heterocycles. The lowest BCUT2D eigenvalue weighted by Crippen LogP contribution is -2.54. The van der Waals surface area contributed by atoms with Gasteiger partial charge in [-0.3, -0.25) is 0 Å². The lowest BCUT2D eigenvalue weighted by molar-refractivity contribution is -0.0975. The van der Waals surface area contributed by atoms with Crippen molar-refractivity contribution in [3.63, 3.8) is 0 Å². The molecule has 0 saturated heterocycles. The third-order valence-electron chi connectivity index (χ3n) is 11.0. The number of nitrogens with zero attached hydrogens (tertiary/aromatic N) is 1. The van der Waals surface area contributed by atoms with Gasteiger partial charge in [-0.05, 0) is 110 Å². The molecular formula is C36H39NO5. The van der Waals surface area contributed by atoms with Crippen molar-refractivity contribution in [3.05, 3.63) is 76.7 Å². The summed E-state index contributed by atoms with van der Waals surface area (Å²) in [6.45, 7) is 4.71. The van der Waals surface area contributed by atoms with Crippen LogP contribution in [0.1, 0.15) is 74.8 Å². The molecule has 0 bridgehead atoms. The zero-order valence-electron chi connectivity index (χ0n) is 24.3. The Morgan fingerprint density at radius 3 is 2.31 bits per heavy atom. The average molecular weight is 566 g/mol. The fourth-order valence-corrected chi connectivity index (χ4v) is 8.63. The van der Waals surface area contributed by atoms with E-state index in [2.05, 4.69) is 31.0 Å². The van der Waals surface area contributed by atoms with Crippen LogP contribution in [0.25, 0.3) is 18.2 Å². The van der Waals surface area contributed by atoms with E-state index in [4.69, 9.17) is 16.1 Å². The first-order valence-electron chi connectivity index (χ1n) is 14.9. The zero-order valence-corrected chi connectivity index (χ0v) is 24.3. The summed E-state index contributed by atoms with van der Waals surface area (Å²) in [6.07, 6.45) is 21.0. The van der Waals surface area contributed by atoms with Crippen LogP contribution < -0.4 is 0 Å². The molecule has 4 N–H and O–H groups in total. The highest BCUT2D eigenvalue weighted by molar-refractivity contribution is 5.71. The van der Waals surface area contributed by atoms with E-state index in [0.717, 1.165) is 49.8 Å². The van der Waals surface area contributed by atoms with E-state index in [0.29, 0.717) is 23.3 Å². The van der Waals surface area contributed by atoms with Crippen LogP contribution in [-0.2, 0) is 6.42 Å². The predicted octanol–water partition coefficient (Wildman–Crippen LogP) is 7.19. The maximum Gasteiger partial charge on any atom is 0.162 e. The number of aliphatic hydroxyl groups is 1. The van der Waals surface area contributed by atoms with Crippen LogP contribution in [0.3, 0.4) is 0 Å². The summed E-state index contributed by atoms with van der Waals surface area (Å²) in [7, 11) is 0. The van der Waals surface area contributed by atoms with Crippen molar-refractivity contribution in [2.75, 3.05) is 0 Å². The van der Waals surface area contributed by atoms with Crippen molar-refractivity contribution in [1.29, 1.82) is 0 Å². The molecule has 218 valence electrons. The number of hydrogen-bond donors (Lipinski definition) is 4. The Bertz CT molecular complexity index is 1560. The van der Waals surface area contributed by atoms with Crippen molar-refractivity contribution >= 4 is 18.2 Å². The third-order valence-corrected chi connectivity index (χ3v) is 11.0. The lowest BCUT2D eigenvalue weighted by atomic mass is 9.46. The van der Waals surface area contributed by atoms with E-state index < -0.39 is 5.60 Å². The van der Waals surface area contributed by atoms with Gasteiger partial charge in [-0.25, -0.2) is 0 Å². The Balaban J connectivity index is 0.000000163. The minimum Gasteiger partial charge on any atom is -0.508 e. The number of allylic oxidation sites excluding steroid dienone is 1. The number of phenols is 3. The number of rotatable bonds is 2. The molecule has 1 heterocycles. The maximum atomic E-state index is 11.1. The molecule has 4 aliphatic rings. The Morgan fingerprint density at radius 1 is 0.905 bits per heavy atom. The van der Waals surface area contributed by atoms with Crippen LogP contribution >= 0.6 is 0 Å². The molecule has 3 fully saturated rings. The van der Waals surface area contributed by atoms with Crippen LogP contribution in [0, 0.1) is 40.9 Å². The highest BCUT2D eigenvalue weighted by atomic mass is 16.5. The molecule has 42 heavy (non-hydrogen) atoms. The SMILES string of the molecule is C#CC1(O)CCC2C3CCC4=Cc5oncc5CC4(C)C3CCC21C.Oc1ccc(C=Cc2cc(O)cc(O)c2)cc1. The third kappa shape index (κ3) is 4.70. The number of aromatic nitrogens is 1. The topological polar surface area (TPSA) is 107 Å². The Kier molecular flexibility index (Phi) is 6.98. The molecule has 6 unspecified atom stereocenters. The second-order valence-corrected chi connectivity index (χ2v) is 13.1. The van der Waals surface area contributed by atoms with Gasteiger partial charge in [-0.15, -0.1) is 6.42 Å². The molecular weight excluding hydrogens is 526 g/mol. The standard InChI is InChI=1S/C22H27NO2.C14H12O3/c1-4-22(24)10-8-18-16-6-5-15-11-19-14(13-23-25-19)12-20(15,2)17(16)7-9-21(18,22)3;15-12-5-3-10(4-6-12)1-2-11-7-13(16)9-14(17)8-11/h1,11,13,16-18,24H,5-10,12H2,2-3H3;1-9,15-17H. The number of benzene rings is 2. The first-order chi connectivity index (χ1) is 20.0. The number of terminal acetylenes is 1. The van der Waals surface area contributed by atoms with Gasteiger partial charge in [0.1, 0.15) is 22.8 Å². The molecule has 3 saturated carbocycles. The van der Waals surface area contributed by atoms with Crippen molar-refractivity contribution < 1.29 is 24.9 Å². The quantitative estimate of drug-likeness (QED) is 0.193. The van der Waals surface area contributed by atoms with Gasteiger partial charge in [0.15, 0.2) is 5.76 Å². The normalized spacial score (nSPS) is 32.8. The van der Waals surface area contributed by atoms with E-state index in [1.807, 2.05) is 12.3 Å². The second kappa shape index (κ2) is 10.4. The van der Waals surface area contributed by atoms with Gasteiger partial charge < -0.3 is 24.9 Å². The van der Waals surface area contributed by atoms with Gasteiger partial charge >= 0.3 is 0 Å². The Labute approximate surface area is 247 Å². The van der Waals surface area contributed by atoms with Crippen molar-refractivity contribution in [2.24, 2.45) is 28.6 Å². The minimum atomic E-state index is -0.909. The van der Waals surface area contributed by atoms with Crippen LogP contribution in [0.2, 0.25) is 0 Å². The minimum absolute atomic E-state index is 0.0235. The summed E-state index contributed by atoms with van der Waals surface area (Å²) in [5, 5.41) is 42.8. The van der Waals surface area contributed by atoms with Gasteiger partial charge in [-0.2, -0.15) is 0 Å². The fraction of sp³-hybridized carbons (Fsp3) is 0.417. The molecule has 0 radical (unpaired) electrons. The van der Waals surface area contributed by atoms with Crippen LogP contribution in [0.5, 0.6) is 17.2 Å². The van der Waals surface area contributed by atoms with Crippen molar-refractivity contribution in [1.82, 2.24) is 5.16 Å². The van der Waals surface area contributed by atoms with Gasteiger partial charge in [0.25, 0.3) is 0 Å². The van der Waals surface area contributed by atoms with E-state index in [1.165, 1.54) is 18.1 Å². The van der Waals surface area contributed by atoms with Gasteiger partial charge in [0.2, 0.25) is 0 Å². The smallest absolute Gasteiger partial charge is 0.162 e. The Hall–Kier alpha value is -3.95. The summed E-state index contributed by atoms with van der Waals surface area (Å²) in [5.74, 6) is 5.90. The largest absolute Gasteiger partial charge is 0.508 e. The number of fused-ring (bicyclic) bond motifs is 6. The van der Waals surface area contributed by atoms with E-state index in [9.17, 15) is 15.3 Å². The summed E-state index contributed by atoms with van der Waals surface area (Å²) >= 11 is 0. The lowest BCUT2D eigenvalue weighted by Gasteiger charge is -2.58. The van der Waals surface area contributed by atoms with Gasteiger partial charge in [-0.1, -0.05) is 54.8 Å². The summed E-state index contributed by atoms with van der Waals surface area (Å²) in [5.41, 5.74) is 3.62. The number of aromatic hydroxyl groups is 3. The molecule has 7 rings (SSSR count). The van der Waals surface area contributed by atoms with Crippen LogP contribution in [0.4, 0.5) is 0 Å². The maximum absolute atomic E-state index is 11.1. The summed E-state index contributed by atoms with van der Waals surface area (Å²) in [6, 6.07) is 11.1. The number of hydrogen-bond acceptors (Lipinski definition) is 6. The van der Waals surface area contributed by atoms with E-state index in [-0.39, 0.29) is 28.1 Å². The van der Waals surface area contributed by atoms with Crippen molar-refractivity contribution in [3.8, 4) is 29.6 Å². The average Bonchev–Trinajstić information content (AvgIpc) is 3.52. The molecule has 6 atom stereocenters. The first kappa shape index (κ1) is 28.2. The fourth-order valence-electron chi connectivity index (χ4n) is 8.63. The number of phenolic OH excluding ortho intramolecular Hbond substituents is 3. The second-order valence-electron chi connectivity index (χ2n) is 13.1. The van der Waals surface area contributed by atoms with Crippen molar-refractivity contribution in [2.45, 2.75) is 64.4 Å². The molecule has 2 aromatic carbocycles. The van der Waals surface area contributed by atoms with Crippen LogP contribution in [0.15, 0.2) is 58.8 Å². The summed E-state index contributed by atoms with van der Waals surface area (Å²) in [4.78, 5) is 0. The molecule has 0 spiro atoms. The highest BCUT2D eigenvalue weighted by Gasteiger charge is 2.63. The zero-order chi connectivity index (χ0) is 29.7. The van der Waals surface area contributed by atoms with E-state index in [1.54, 1.807) is 48.0 Å². The molecule has 0 amide bonds. The molecule has 1 aromatic heterocycles. The Morgan fingerprint density at radius 2 is 1.60 bits per heavy atom.